The van der Waals surface area contributed by atoms with Crippen molar-refractivity contribution in [1.29, 1.82) is 0 Å². The maximum absolute atomic E-state index is 6.00. The summed E-state index contributed by atoms with van der Waals surface area (Å²) in [5.74, 6) is 2.49. The smallest absolute Gasteiger partial charge is 0.198 e. The molecule has 0 saturated heterocycles. The van der Waals surface area contributed by atoms with Crippen molar-refractivity contribution in [2.24, 2.45) is 4.99 Å². The van der Waals surface area contributed by atoms with Gasteiger partial charge in [0.2, 0.25) is 0 Å². The fraction of sp³-hybridized carbons (Fsp3) is 0.316. The molecule has 2 heterocycles. The largest absolute Gasteiger partial charge is 0.486 e. The van der Waals surface area contributed by atoms with Crippen LogP contribution < -0.4 is 19.7 Å². The lowest BCUT2D eigenvalue weighted by atomic mass is 10.2. The minimum absolute atomic E-state index is 0.0329. The standard InChI is InChI=1S/C19H21N3O2/c1-20-19(22-11-10-14-6-2-3-7-16(14)22)21-12-15-13-23-17-8-4-5-9-18(17)24-15/h2-9,15H,10-13H2,1H3,(H,20,21). The molecule has 2 aromatic carbocycles. The summed E-state index contributed by atoms with van der Waals surface area (Å²) in [6.45, 7) is 2.14. The van der Waals surface area contributed by atoms with Crippen LogP contribution in [0.25, 0.3) is 0 Å². The first kappa shape index (κ1) is 14.9. The van der Waals surface area contributed by atoms with Gasteiger partial charge in [-0.25, -0.2) is 0 Å². The molecule has 5 nitrogen and oxygen atoms in total. The van der Waals surface area contributed by atoms with Crippen LogP contribution in [0.15, 0.2) is 53.5 Å². The first-order valence-corrected chi connectivity index (χ1v) is 8.30. The van der Waals surface area contributed by atoms with Gasteiger partial charge in [0.05, 0.1) is 6.54 Å². The molecule has 2 aliphatic rings. The molecule has 0 bridgehead atoms. The molecule has 0 aromatic heterocycles. The highest BCUT2D eigenvalue weighted by Gasteiger charge is 2.25. The van der Waals surface area contributed by atoms with Crippen LogP contribution in [0.2, 0.25) is 0 Å². The van der Waals surface area contributed by atoms with Crippen molar-refractivity contribution in [2.45, 2.75) is 12.5 Å². The highest BCUT2D eigenvalue weighted by Crippen LogP contribution is 2.31. The van der Waals surface area contributed by atoms with Gasteiger partial charge in [0.15, 0.2) is 17.5 Å². The summed E-state index contributed by atoms with van der Waals surface area (Å²) in [6.07, 6.45) is 1.02. The second kappa shape index (κ2) is 6.43. The Kier molecular flexibility index (Phi) is 3.99. The number of anilines is 1. The summed E-state index contributed by atoms with van der Waals surface area (Å²) in [6, 6.07) is 16.3. The maximum Gasteiger partial charge on any atom is 0.198 e. The molecule has 0 aliphatic carbocycles. The topological polar surface area (TPSA) is 46.1 Å². The Morgan fingerprint density at radius 3 is 2.83 bits per heavy atom. The molecule has 5 heteroatoms. The van der Waals surface area contributed by atoms with E-state index >= 15 is 0 Å². The molecule has 24 heavy (non-hydrogen) atoms. The molecule has 0 fully saturated rings. The molecular formula is C19H21N3O2. The van der Waals surface area contributed by atoms with Crippen molar-refractivity contribution in [3.05, 3.63) is 54.1 Å². The van der Waals surface area contributed by atoms with Crippen molar-refractivity contribution in [1.82, 2.24) is 5.32 Å². The highest BCUT2D eigenvalue weighted by atomic mass is 16.6. The summed E-state index contributed by atoms with van der Waals surface area (Å²) >= 11 is 0. The Balaban J connectivity index is 1.41. The Bertz CT molecular complexity index is 760. The number of hydrogen-bond donors (Lipinski definition) is 1. The zero-order chi connectivity index (χ0) is 16.4. The van der Waals surface area contributed by atoms with E-state index in [2.05, 4.69) is 39.5 Å². The molecule has 0 amide bonds. The predicted octanol–water partition coefficient (Wildman–Crippen LogP) is 2.46. The number of fused-ring (bicyclic) bond motifs is 2. The summed E-state index contributed by atoms with van der Waals surface area (Å²) in [5.41, 5.74) is 2.60. The van der Waals surface area contributed by atoms with Crippen LogP contribution in [0.4, 0.5) is 5.69 Å². The Morgan fingerprint density at radius 2 is 1.96 bits per heavy atom. The van der Waals surface area contributed by atoms with Gasteiger partial charge < -0.3 is 19.7 Å². The van der Waals surface area contributed by atoms with E-state index in [9.17, 15) is 0 Å². The average molecular weight is 323 g/mol. The van der Waals surface area contributed by atoms with Gasteiger partial charge in [-0.2, -0.15) is 0 Å². The van der Waals surface area contributed by atoms with Crippen molar-refractivity contribution < 1.29 is 9.47 Å². The first-order chi connectivity index (χ1) is 11.8. The lowest BCUT2D eigenvalue weighted by molar-refractivity contribution is 0.0937. The number of guanidine groups is 1. The third-order valence-corrected chi connectivity index (χ3v) is 4.41. The lowest BCUT2D eigenvalue weighted by Gasteiger charge is -2.28. The van der Waals surface area contributed by atoms with Gasteiger partial charge in [-0.3, -0.25) is 4.99 Å². The Morgan fingerprint density at radius 1 is 1.17 bits per heavy atom. The summed E-state index contributed by atoms with van der Waals surface area (Å²) < 4.78 is 11.8. The fourth-order valence-corrected chi connectivity index (χ4v) is 3.22. The second-order valence-corrected chi connectivity index (χ2v) is 5.96. The molecule has 1 atom stereocenters. The van der Waals surface area contributed by atoms with Gasteiger partial charge >= 0.3 is 0 Å². The minimum Gasteiger partial charge on any atom is -0.486 e. The molecule has 1 N–H and O–H groups in total. The molecule has 0 saturated carbocycles. The van der Waals surface area contributed by atoms with Crippen LogP contribution >= 0.6 is 0 Å². The first-order valence-electron chi connectivity index (χ1n) is 8.30. The molecule has 124 valence electrons. The molecule has 0 radical (unpaired) electrons. The lowest BCUT2D eigenvalue weighted by Crippen LogP contribution is -2.46. The van der Waals surface area contributed by atoms with Crippen molar-refractivity contribution in [3.63, 3.8) is 0 Å². The van der Waals surface area contributed by atoms with E-state index in [1.165, 1.54) is 11.3 Å². The number of benzene rings is 2. The van der Waals surface area contributed by atoms with Gasteiger partial charge in [-0.15, -0.1) is 0 Å². The van der Waals surface area contributed by atoms with E-state index in [4.69, 9.17) is 9.47 Å². The van der Waals surface area contributed by atoms with Crippen LogP contribution in [0.3, 0.4) is 0 Å². The summed E-state index contributed by atoms with van der Waals surface area (Å²) in [7, 11) is 1.82. The van der Waals surface area contributed by atoms with E-state index in [-0.39, 0.29) is 6.10 Å². The summed E-state index contributed by atoms with van der Waals surface area (Å²) in [5, 5.41) is 3.42. The van der Waals surface area contributed by atoms with Crippen LogP contribution in [0.5, 0.6) is 11.5 Å². The SMILES string of the molecule is CN=C(NCC1COc2ccccc2O1)N1CCc2ccccc21. The quantitative estimate of drug-likeness (QED) is 0.681. The second-order valence-electron chi connectivity index (χ2n) is 5.96. The van der Waals surface area contributed by atoms with Gasteiger partial charge in [0, 0.05) is 19.3 Å². The third-order valence-electron chi connectivity index (χ3n) is 4.41. The van der Waals surface area contributed by atoms with Crippen LogP contribution in [0.1, 0.15) is 5.56 Å². The maximum atomic E-state index is 6.00. The normalized spacial score (nSPS) is 19.1. The van der Waals surface area contributed by atoms with Crippen LogP contribution in [-0.2, 0) is 6.42 Å². The molecular weight excluding hydrogens is 302 g/mol. The van der Waals surface area contributed by atoms with Crippen molar-refractivity contribution >= 4 is 11.6 Å². The monoisotopic (exact) mass is 323 g/mol. The van der Waals surface area contributed by atoms with E-state index in [0.717, 1.165) is 30.4 Å². The van der Waals surface area contributed by atoms with Gasteiger partial charge in [0.1, 0.15) is 12.7 Å². The molecule has 2 aliphatic heterocycles. The van der Waals surface area contributed by atoms with E-state index in [0.29, 0.717) is 13.2 Å². The van der Waals surface area contributed by atoms with E-state index in [1.54, 1.807) is 0 Å². The van der Waals surface area contributed by atoms with E-state index < -0.39 is 0 Å². The van der Waals surface area contributed by atoms with E-state index in [1.807, 2.05) is 31.3 Å². The highest BCUT2D eigenvalue weighted by molar-refractivity contribution is 5.97. The van der Waals surface area contributed by atoms with Crippen LogP contribution in [0, 0.1) is 0 Å². The minimum atomic E-state index is -0.0329. The number of hydrogen-bond acceptors (Lipinski definition) is 3. The predicted molar refractivity (Wildman–Crippen MR) is 95.2 cm³/mol. The fourth-order valence-electron chi connectivity index (χ4n) is 3.22. The number of nitrogens with one attached hydrogen (secondary N) is 1. The molecule has 2 aromatic rings. The zero-order valence-corrected chi connectivity index (χ0v) is 13.7. The number of ether oxygens (including phenoxy) is 2. The average Bonchev–Trinajstić information content (AvgIpc) is 3.06. The van der Waals surface area contributed by atoms with Crippen molar-refractivity contribution in [2.75, 3.05) is 31.6 Å². The molecule has 4 rings (SSSR count). The number of para-hydroxylation sites is 3. The van der Waals surface area contributed by atoms with Gasteiger partial charge in [-0.05, 0) is 30.2 Å². The number of rotatable bonds is 2. The van der Waals surface area contributed by atoms with Gasteiger partial charge in [0.25, 0.3) is 0 Å². The van der Waals surface area contributed by atoms with Crippen LogP contribution in [-0.4, -0.2) is 38.8 Å². The van der Waals surface area contributed by atoms with Crippen molar-refractivity contribution in [3.8, 4) is 11.5 Å². The van der Waals surface area contributed by atoms with Gasteiger partial charge in [-0.1, -0.05) is 30.3 Å². The third kappa shape index (κ3) is 2.77. The Hall–Kier alpha value is -2.69. The number of aliphatic imine (C=N–C) groups is 1. The molecule has 0 spiro atoms. The summed E-state index contributed by atoms with van der Waals surface area (Å²) in [4.78, 5) is 6.66. The zero-order valence-electron chi connectivity index (χ0n) is 13.7. The Labute approximate surface area is 141 Å². The number of nitrogens with zero attached hydrogens (tertiary/aromatic N) is 2. The molecule has 1 unspecified atom stereocenters.